The van der Waals surface area contributed by atoms with Crippen LogP contribution in [-0.2, 0) is 16.1 Å². The Morgan fingerprint density at radius 1 is 1.23 bits per heavy atom. The first-order valence-electron chi connectivity index (χ1n) is 7.65. The number of alkyl carbamates (subject to hydrolysis) is 1. The predicted octanol–water partition coefficient (Wildman–Crippen LogP) is 0.833. The second-order valence-corrected chi connectivity index (χ2v) is 6.53. The van der Waals surface area contributed by atoms with Crippen molar-refractivity contribution in [3.63, 3.8) is 0 Å². The number of nitrogens with one attached hydrogen (secondary N) is 2. The molecule has 26 heavy (non-hydrogen) atoms. The van der Waals surface area contributed by atoms with E-state index in [2.05, 4.69) is 5.32 Å². The maximum atomic E-state index is 11.9. The van der Waals surface area contributed by atoms with Gasteiger partial charge in [-0.3, -0.25) is 0 Å². The van der Waals surface area contributed by atoms with Gasteiger partial charge in [0.25, 0.3) is 0 Å². The average molecular weight is 372 g/mol. The van der Waals surface area contributed by atoms with Gasteiger partial charge in [-0.1, -0.05) is 20.8 Å². The summed E-state index contributed by atoms with van der Waals surface area (Å²) in [6, 6.07) is 1.47. The van der Waals surface area contributed by atoms with Crippen molar-refractivity contribution in [1.29, 1.82) is 0 Å². The van der Waals surface area contributed by atoms with Gasteiger partial charge in [0, 0.05) is 6.07 Å². The monoisotopic (exact) mass is 372 g/mol. The van der Waals surface area contributed by atoms with Gasteiger partial charge in [-0.15, -0.1) is 0 Å². The molecular weight excluding hydrogens is 348 g/mol. The SMILES string of the molecule is COc1cc(COC(=O)NC(C(=O)O)C(C)(C)C)c([NH+]([O-])O)cc1OC. The summed E-state index contributed by atoms with van der Waals surface area (Å²) in [5.74, 6) is -0.710. The molecule has 0 spiro atoms. The van der Waals surface area contributed by atoms with Gasteiger partial charge in [0.2, 0.25) is 0 Å². The number of carboxylic acids is 1. The molecule has 2 atom stereocenters. The van der Waals surface area contributed by atoms with E-state index in [1.807, 2.05) is 0 Å². The van der Waals surface area contributed by atoms with Crippen molar-refractivity contribution in [2.75, 3.05) is 14.2 Å². The minimum atomic E-state index is -1.23. The number of rotatable bonds is 7. The van der Waals surface area contributed by atoms with Gasteiger partial charge in [-0.05, 0) is 11.5 Å². The van der Waals surface area contributed by atoms with Gasteiger partial charge in [0.05, 0.1) is 19.8 Å². The Labute approximate surface area is 150 Å². The largest absolute Gasteiger partial charge is 0.595 e. The van der Waals surface area contributed by atoms with Crippen LogP contribution in [0.4, 0.5) is 10.5 Å². The van der Waals surface area contributed by atoms with Crippen LogP contribution in [0.25, 0.3) is 0 Å². The number of ether oxygens (including phenoxy) is 3. The molecule has 2 unspecified atom stereocenters. The summed E-state index contributed by atoms with van der Waals surface area (Å²) in [4.78, 5) is 23.2. The van der Waals surface area contributed by atoms with Crippen LogP contribution in [0, 0.1) is 10.6 Å². The first-order valence-corrected chi connectivity index (χ1v) is 7.65. The Morgan fingerprint density at radius 3 is 2.19 bits per heavy atom. The van der Waals surface area contributed by atoms with Crippen molar-refractivity contribution in [2.45, 2.75) is 33.4 Å². The molecular formula is C16H24N2O8. The normalized spacial score (nSPS) is 13.5. The van der Waals surface area contributed by atoms with E-state index in [0.29, 0.717) is 0 Å². The molecule has 0 fully saturated rings. The molecule has 0 saturated heterocycles. The summed E-state index contributed by atoms with van der Waals surface area (Å²) in [6.07, 6.45) is -0.974. The number of hydrogen-bond donors (Lipinski definition) is 4. The van der Waals surface area contributed by atoms with E-state index < -0.39 is 28.7 Å². The second kappa shape index (κ2) is 8.70. The highest BCUT2D eigenvalue weighted by atomic mass is 16.8. The van der Waals surface area contributed by atoms with Gasteiger partial charge in [0.15, 0.2) is 17.2 Å². The van der Waals surface area contributed by atoms with Gasteiger partial charge in [-0.2, -0.15) is 5.23 Å². The summed E-state index contributed by atoms with van der Waals surface area (Å²) in [7, 11) is 2.75. The van der Waals surface area contributed by atoms with Gasteiger partial charge < -0.3 is 29.8 Å². The van der Waals surface area contributed by atoms with Crippen LogP contribution < -0.4 is 20.0 Å². The average Bonchev–Trinajstić information content (AvgIpc) is 2.55. The number of hydrogen-bond acceptors (Lipinski definition) is 7. The van der Waals surface area contributed by atoms with Crippen molar-refractivity contribution in [1.82, 2.24) is 5.32 Å². The van der Waals surface area contributed by atoms with E-state index in [1.54, 1.807) is 20.8 Å². The summed E-state index contributed by atoms with van der Waals surface area (Å²) in [5, 5.41) is 30.9. The standard InChI is InChI=1S/C16H24N2O8/c1-16(2,3)13(14(19)20)17-15(21)26-8-9-6-11(24-4)12(25-5)7-10(9)18(22)23/h6-7,13,18,22H,8H2,1-5H3,(H,17,21)(H,19,20). The quantitative estimate of drug-likeness (QED) is 0.516. The number of carbonyl (C=O) groups excluding carboxylic acids is 1. The van der Waals surface area contributed by atoms with Gasteiger partial charge in [0.1, 0.15) is 12.6 Å². The smallest absolute Gasteiger partial charge is 0.408 e. The van der Waals surface area contributed by atoms with E-state index in [-0.39, 0.29) is 29.4 Å². The third kappa shape index (κ3) is 5.48. The van der Waals surface area contributed by atoms with Crippen molar-refractivity contribution < 1.29 is 39.3 Å². The Bertz CT molecular complexity index is 654. The minimum Gasteiger partial charge on any atom is -0.595 e. The predicted molar refractivity (Wildman–Crippen MR) is 89.5 cm³/mol. The second-order valence-electron chi connectivity index (χ2n) is 6.53. The summed E-state index contributed by atoms with van der Waals surface area (Å²) in [5.41, 5.74) is -0.686. The first kappa shape index (κ1) is 21.5. The fourth-order valence-corrected chi connectivity index (χ4v) is 2.19. The fraction of sp³-hybridized carbons (Fsp3) is 0.500. The van der Waals surface area contributed by atoms with E-state index in [1.165, 1.54) is 26.4 Å². The summed E-state index contributed by atoms with van der Waals surface area (Å²) in [6.45, 7) is 4.58. The van der Waals surface area contributed by atoms with Crippen LogP contribution in [0.3, 0.4) is 0 Å². The molecule has 0 bridgehead atoms. The molecule has 10 heteroatoms. The van der Waals surface area contributed by atoms with Crippen LogP contribution in [0.1, 0.15) is 26.3 Å². The Morgan fingerprint density at radius 2 is 1.77 bits per heavy atom. The molecule has 0 radical (unpaired) electrons. The molecule has 0 aliphatic heterocycles. The molecule has 0 aliphatic carbocycles. The van der Waals surface area contributed by atoms with Gasteiger partial charge in [-0.25, -0.2) is 14.8 Å². The lowest BCUT2D eigenvalue weighted by molar-refractivity contribution is -0.991. The Kier molecular flexibility index (Phi) is 7.19. The molecule has 0 saturated carbocycles. The highest BCUT2D eigenvalue weighted by Gasteiger charge is 2.33. The number of carbonyl (C=O) groups is 2. The molecule has 146 valence electrons. The zero-order valence-corrected chi connectivity index (χ0v) is 15.3. The van der Waals surface area contributed by atoms with E-state index in [0.717, 1.165) is 0 Å². The maximum absolute atomic E-state index is 11.9. The summed E-state index contributed by atoms with van der Waals surface area (Å²) < 4.78 is 15.2. The van der Waals surface area contributed by atoms with E-state index in [4.69, 9.17) is 14.2 Å². The Hall–Kier alpha value is -2.56. The molecule has 1 rings (SSSR count). The minimum absolute atomic E-state index is 0.124. The lowest BCUT2D eigenvalue weighted by atomic mass is 9.87. The number of methoxy groups -OCH3 is 2. The molecule has 0 aromatic heterocycles. The van der Waals surface area contributed by atoms with E-state index in [9.17, 15) is 25.1 Å². The topological polar surface area (TPSA) is 142 Å². The van der Waals surface area contributed by atoms with Crippen LogP contribution in [-0.4, -0.2) is 42.6 Å². The highest BCUT2D eigenvalue weighted by Crippen LogP contribution is 2.32. The molecule has 1 aromatic rings. The molecule has 4 N–H and O–H groups in total. The van der Waals surface area contributed by atoms with Crippen molar-refractivity contribution in [3.05, 3.63) is 22.9 Å². The first-order chi connectivity index (χ1) is 12.0. The lowest BCUT2D eigenvalue weighted by Crippen LogP contribution is -2.99. The third-order valence-corrected chi connectivity index (χ3v) is 3.57. The molecule has 1 amide bonds. The lowest BCUT2D eigenvalue weighted by Gasteiger charge is -2.27. The van der Waals surface area contributed by atoms with Gasteiger partial charge >= 0.3 is 12.1 Å². The van der Waals surface area contributed by atoms with Crippen LogP contribution >= 0.6 is 0 Å². The fourth-order valence-electron chi connectivity index (χ4n) is 2.19. The maximum Gasteiger partial charge on any atom is 0.408 e. The molecule has 0 aliphatic rings. The number of carboxylic acid groups (broad SMARTS) is 1. The number of quaternary nitrogens is 1. The van der Waals surface area contributed by atoms with Crippen molar-refractivity contribution in [2.24, 2.45) is 5.41 Å². The zero-order chi connectivity index (χ0) is 20.1. The van der Waals surface area contributed by atoms with Crippen LogP contribution in [0.15, 0.2) is 12.1 Å². The van der Waals surface area contributed by atoms with Crippen LogP contribution in [0.5, 0.6) is 11.5 Å². The van der Waals surface area contributed by atoms with Crippen molar-refractivity contribution in [3.8, 4) is 11.5 Å². The molecule has 0 heterocycles. The number of aliphatic carboxylic acids is 1. The van der Waals surface area contributed by atoms with E-state index >= 15 is 0 Å². The molecule has 10 nitrogen and oxygen atoms in total. The zero-order valence-electron chi connectivity index (χ0n) is 15.3. The van der Waals surface area contributed by atoms with Crippen LogP contribution in [0.2, 0.25) is 0 Å². The number of benzene rings is 1. The third-order valence-electron chi connectivity index (χ3n) is 3.57. The summed E-state index contributed by atoms with van der Waals surface area (Å²) >= 11 is 0. The Balaban J connectivity index is 2.95. The molecule has 1 aromatic carbocycles. The number of amides is 1. The van der Waals surface area contributed by atoms with Crippen molar-refractivity contribution >= 4 is 17.7 Å². The highest BCUT2D eigenvalue weighted by molar-refractivity contribution is 5.80.